The fourth-order valence-corrected chi connectivity index (χ4v) is 4.71. The molecule has 0 atom stereocenters. The largest absolute Gasteiger partial charge is 0.502 e. The zero-order valence-corrected chi connectivity index (χ0v) is 14.0. The molecule has 0 unspecified atom stereocenters. The Morgan fingerprint density at radius 3 is 1.89 bits per heavy atom. The Kier molecular flexibility index (Phi) is 11.8. The molecule has 116 valence electrons. The number of rotatable bonds is 13. The van der Waals surface area contributed by atoms with Gasteiger partial charge in [0, 0.05) is 31.9 Å². The smallest absolute Gasteiger partial charge is 0.373 e. The van der Waals surface area contributed by atoms with Crippen molar-refractivity contribution in [2.45, 2.75) is 65.5 Å². The normalized spacial score (nSPS) is 12.3. The van der Waals surface area contributed by atoms with Crippen LogP contribution in [-0.2, 0) is 13.3 Å². The molecule has 3 N–H and O–H groups in total. The van der Waals surface area contributed by atoms with Crippen molar-refractivity contribution in [2.24, 2.45) is 5.84 Å². The van der Waals surface area contributed by atoms with Crippen LogP contribution in [0.15, 0.2) is 0 Å². The third-order valence-electron chi connectivity index (χ3n) is 2.88. The van der Waals surface area contributed by atoms with Crippen molar-refractivity contribution in [2.75, 3.05) is 19.8 Å². The Morgan fingerprint density at radius 2 is 1.53 bits per heavy atom. The Morgan fingerprint density at radius 1 is 1.00 bits per heavy atom. The number of nitrogens with one attached hydrogen (secondary N) is 1. The predicted molar refractivity (Wildman–Crippen MR) is 80.7 cm³/mol. The van der Waals surface area contributed by atoms with Gasteiger partial charge in [0.2, 0.25) is 0 Å². The van der Waals surface area contributed by atoms with E-state index < -0.39 is 8.80 Å². The molecule has 0 fully saturated rings. The van der Waals surface area contributed by atoms with Gasteiger partial charge in [0.05, 0.1) is 0 Å². The van der Waals surface area contributed by atoms with Gasteiger partial charge >= 0.3 is 8.80 Å². The van der Waals surface area contributed by atoms with Gasteiger partial charge in [-0.3, -0.25) is 11.3 Å². The Bertz CT molecular complexity index is 183. The summed E-state index contributed by atoms with van der Waals surface area (Å²) in [5, 5.41) is 0. The summed E-state index contributed by atoms with van der Waals surface area (Å²) in [5.74, 6) is 5.39. The second kappa shape index (κ2) is 11.8. The van der Waals surface area contributed by atoms with Crippen molar-refractivity contribution in [3.8, 4) is 0 Å². The molecular weight excluding hydrogens is 260 g/mol. The predicted octanol–water partition coefficient (Wildman–Crippen LogP) is 2.45. The first-order valence-corrected chi connectivity index (χ1v) is 9.50. The highest BCUT2D eigenvalue weighted by Gasteiger charge is 2.42. The number of hydrazine groups is 1. The summed E-state index contributed by atoms with van der Waals surface area (Å²) in [4.78, 5) is 0. The van der Waals surface area contributed by atoms with Crippen LogP contribution in [0.5, 0.6) is 0 Å². The summed E-state index contributed by atoms with van der Waals surface area (Å²) in [5.41, 5.74) is 2.68. The van der Waals surface area contributed by atoms with E-state index >= 15 is 0 Å². The summed E-state index contributed by atoms with van der Waals surface area (Å²) in [7, 11) is -2.61. The van der Waals surface area contributed by atoms with Crippen LogP contribution >= 0.6 is 0 Å². The van der Waals surface area contributed by atoms with Crippen LogP contribution in [0.1, 0.15) is 53.4 Å². The maximum atomic E-state index is 6.24. The molecule has 0 spiro atoms. The van der Waals surface area contributed by atoms with Gasteiger partial charge < -0.3 is 13.3 Å². The quantitative estimate of drug-likeness (QED) is 0.310. The van der Waals surface area contributed by atoms with Crippen LogP contribution in [0.4, 0.5) is 0 Å². The second-order valence-corrected chi connectivity index (χ2v) is 7.32. The van der Waals surface area contributed by atoms with Crippen LogP contribution < -0.4 is 11.3 Å². The Labute approximate surface area is 119 Å². The van der Waals surface area contributed by atoms with Crippen LogP contribution in [0.3, 0.4) is 0 Å². The topological polar surface area (TPSA) is 65.7 Å². The summed E-state index contributed by atoms with van der Waals surface area (Å²) >= 11 is 0. The average molecular weight is 292 g/mol. The zero-order chi connectivity index (χ0) is 14.6. The van der Waals surface area contributed by atoms with Crippen molar-refractivity contribution < 1.29 is 13.3 Å². The molecule has 0 aliphatic carbocycles. The average Bonchev–Trinajstić information content (AvgIpc) is 2.45. The van der Waals surface area contributed by atoms with Crippen LogP contribution in [-0.4, -0.2) is 34.7 Å². The molecule has 0 radical (unpaired) electrons. The maximum Gasteiger partial charge on any atom is 0.502 e. The van der Waals surface area contributed by atoms with Crippen LogP contribution in [0.25, 0.3) is 0 Å². The first-order valence-electron chi connectivity index (χ1n) is 7.57. The van der Waals surface area contributed by atoms with E-state index in [4.69, 9.17) is 19.1 Å². The third-order valence-corrected chi connectivity index (χ3v) is 5.73. The van der Waals surface area contributed by atoms with Crippen molar-refractivity contribution in [1.82, 2.24) is 5.43 Å². The van der Waals surface area contributed by atoms with Crippen LogP contribution in [0.2, 0.25) is 6.04 Å². The monoisotopic (exact) mass is 292 g/mol. The van der Waals surface area contributed by atoms with E-state index in [2.05, 4.69) is 33.1 Å². The molecule has 5 nitrogen and oxygen atoms in total. The summed E-state index contributed by atoms with van der Waals surface area (Å²) < 4.78 is 18.3. The highest BCUT2D eigenvalue weighted by atomic mass is 28.4. The zero-order valence-electron chi connectivity index (χ0n) is 13.0. The minimum absolute atomic E-state index is 0.207. The maximum absolute atomic E-state index is 6.24. The second-order valence-electron chi connectivity index (χ2n) is 4.64. The lowest BCUT2D eigenvalue weighted by Crippen LogP contribution is -2.50. The van der Waals surface area contributed by atoms with Gasteiger partial charge in [-0.2, -0.15) is 0 Å². The fraction of sp³-hybridized carbons (Fsp3) is 1.00. The van der Waals surface area contributed by atoms with Gasteiger partial charge in [0.15, 0.2) is 0 Å². The minimum Gasteiger partial charge on any atom is -0.373 e. The molecule has 0 rings (SSSR count). The van der Waals surface area contributed by atoms with Crippen molar-refractivity contribution >= 4 is 8.80 Å². The number of hydrogen-bond donors (Lipinski definition) is 2. The lowest BCUT2D eigenvalue weighted by Gasteiger charge is -2.33. The van der Waals surface area contributed by atoms with Gasteiger partial charge in [-0.25, -0.2) is 0 Å². The van der Waals surface area contributed by atoms with E-state index in [0.717, 1.165) is 31.7 Å². The number of hydrogen-bond acceptors (Lipinski definition) is 5. The molecule has 0 heterocycles. The van der Waals surface area contributed by atoms with E-state index in [9.17, 15) is 0 Å². The minimum atomic E-state index is -2.61. The third kappa shape index (κ3) is 8.01. The molecule has 0 aromatic carbocycles. The van der Waals surface area contributed by atoms with E-state index in [1.807, 2.05) is 0 Å². The molecule has 0 saturated carbocycles. The van der Waals surface area contributed by atoms with E-state index in [1.165, 1.54) is 0 Å². The highest BCUT2D eigenvalue weighted by Crippen LogP contribution is 2.21. The molecule has 0 saturated heterocycles. The van der Waals surface area contributed by atoms with Gasteiger partial charge in [-0.05, 0) is 25.7 Å². The molecule has 0 aromatic rings. The van der Waals surface area contributed by atoms with Crippen LogP contribution in [0, 0.1) is 0 Å². The molecule has 0 bridgehead atoms. The first-order chi connectivity index (χ1) is 9.17. The molecule has 0 amide bonds. The molecule has 6 heteroatoms. The van der Waals surface area contributed by atoms with Gasteiger partial charge in [0.1, 0.15) is 0 Å². The Balaban J connectivity index is 4.74. The molecule has 0 aliphatic heterocycles. The highest BCUT2D eigenvalue weighted by molar-refractivity contribution is 6.60. The van der Waals surface area contributed by atoms with Crippen molar-refractivity contribution in [3.05, 3.63) is 0 Å². The van der Waals surface area contributed by atoms with E-state index in [-0.39, 0.29) is 6.10 Å². The first kappa shape index (κ1) is 19.0. The molecular formula is C13H32N2O3Si. The molecule has 0 aliphatic rings. The van der Waals surface area contributed by atoms with Gasteiger partial charge in [0.25, 0.3) is 0 Å². The number of nitrogens with two attached hydrogens (primary N) is 1. The van der Waals surface area contributed by atoms with Gasteiger partial charge in [-0.1, -0.05) is 27.7 Å². The van der Waals surface area contributed by atoms with E-state index in [0.29, 0.717) is 19.8 Å². The lowest BCUT2D eigenvalue weighted by atomic mass is 10.2. The standard InChI is InChI=1S/C13H32N2O3Si/c1-5-10-16-19(12-9-15-14,17-11-6-2)18-13(7-3)8-4/h13,15H,5-12,14H2,1-4H3. The van der Waals surface area contributed by atoms with E-state index in [1.54, 1.807) is 0 Å². The summed E-state index contributed by atoms with van der Waals surface area (Å²) in [6.07, 6.45) is 4.09. The summed E-state index contributed by atoms with van der Waals surface area (Å²) in [6, 6.07) is 0.722. The summed E-state index contributed by atoms with van der Waals surface area (Å²) in [6.45, 7) is 10.5. The van der Waals surface area contributed by atoms with Crippen molar-refractivity contribution in [1.29, 1.82) is 0 Å². The van der Waals surface area contributed by atoms with Gasteiger partial charge in [-0.15, -0.1) is 0 Å². The molecule has 19 heavy (non-hydrogen) atoms. The lowest BCUT2D eigenvalue weighted by molar-refractivity contribution is 0.0239. The van der Waals surface area contributed by atoms with Crippen molar-refractivity contribution in [3.63, 3.8) is 0 Å². The fourth-order valence-electron chi connectivity index (χ4n) is 1.76. The molecule has 0 aromatic heterocycles. The SMILES string of the molecule is CCCO[Si](CCNN)(OCCC)OC(CC)CC. The Hall–Kier alpha value is 0.0169.